The Morgan fingerprint density at radius 1 is 1.62 bits per heavy atom. The molecule has 16 heavy (non-hydrogen) atoms. The van der Waals surface area contributed by atoms with Gasteiger partial charge in [-0.1, -0.05) is 0 Å². The first-order chi connectivity index (χ1) is 7.75. The zero-order chi connectivity index (χ0) is 11.8. The van der Waals surface area contributed by atoms with Crippen molar-refractivity contribution in [3.05, 3.63) is 23.8 Å². The van der Waals surface area contributed by atoms with Gasteiger partial charge in [-0.2, -0.15) is 11.8 Å². The smallest absolute Gasteiger partial charge is 0.339 e. The second-order valence-corrected chi connectivity index (χ2v) is 4.19. The van der Waals surface area contributed by atoms with Crippen LogP contribution in [0, 0.1) is 0 Å². The Balaban J connectivity index is 2.44. The SMILES string of the molecule is COCCCSCc1ncncc1C(=O)O. The quantitative estimate of drug-likeness (QED) is 0.729. The van der Waals surface area contributed by atoms with Crippen LogP contribution in [0.3, 0.4) is 0 Å². The van der Waals surface area contributed by atoms with Crippen LogP contribution in [-0.2, 0) is 10.5 Å². The van der Waals surface area contributed by atoms with E-state index >= 15 is 0 Å². The molecule has 0 atom stereocenters. The molecule has 0 saturated heterocycles. The zero-order valence-electron chi connectivity index (χ0n) is 9.05. The molecule has 0 bridgehead atoms. The topological polar surface area (TPSA) is 72.3 Å². The van der Waals surface area contributed by atoms with Crippen LogP contribution in [0.25, 0.3) is 0 Å². The van der Waals surface area contributed by atoms with E-state index in [0.717, 1.165) is 18.8 Å². The number of carboxylic acid groups (broad SMARTS) is 1. The largest absolute Gasteiger partial charge is 0.478 e. The number of nitrogens with zero attached hydrogens (tertiary/aromatic N) is 2. The molecule has 0 unspecified atom stereocenters. The van der Waals surface area contributed by atoms with Gasteiger partial charge in [0.1, 0.15) is 11.9 Å². The van der Waals surface area contributed by atoms with Gasteiger partial charge in [-0.15, -0.1) is 0 Å². The van der Waals surface area contributed by atoms with E-state index in [1.54, 1.807) is 18.9 Å². The van der Waals surface area contributed by atoms with E-state index in [2.05, 4.69) is 9.97 Å². The van der Waals surface area contributed by atoms with Gasteiger partial charge < -0.3 is 9.84 Å². The van der Waals surface area contributed by atoms with Gasteiger partial charge in [-0.3, -0.25) is 0 Å². The molecule has 6 heteroatoms. The Morgan fingerprint density at radius 3 is 3.12 bits per heavy atom. The zero-order valence-corrected chi connectivity index (χ0v) is 9.87. The minimum absolute atomic E-state index is 0.182. The Hall–Kier alpha value is -1.14. The van der Waals surface area contributed by atoms with Crippen LogP contribution >= 0.6 is 11.8 Å². The van der Waals surface area contributed by atoms with E-state index in [9.17, 15) is 4.79 Å². The van der Waals surface area contributed by atoms with Crippen molar-refractivity contribution in [1.29, 1.82) is 0 Å². The molecule has 1 rings (SSSR count). The van der Waals surface area contributed by atoms with Crippen LogP contribution in [0.4, 0.5) is 0 Å². The molecule has 1 aromatic heterocycles. The first-order valence-electron chi connectivity index (χ1n) is 4.84. The minimum Gasteiger partial charge on any atom is -0.478 e. The number of hydrogen-bond acceptors (Lipinski definition) is 5. The summed E-state index contributed by atoms with van der Waals surface area (Å²) < 4.78 is 4.92. The average Bonchev–Trinajstić information content (AvgIpc) is 2.29. The molecule has 1 heterocycles. The highest BCUT2D eigenvalue weighted by atomic mass is 32.2. The lowest BCUT2D eigenvalue weighted by Gasteiger charge is -2.03. The molecule has 1 aromatic rings. The second-order valence-electron chi connectivity index (χ2n) is 3.09. The van der Waals surface area contributed by atoms with E-state index < -0.39 is 5.97 Å². The van der Waals surface area contributed by atoms with Crippen LogP contribution in [0.2, 0.25) is 0 Å². The van der Waals surface area contributed by atoms with E-state index in [1.807, 2.05) is 0 Å². The number of aromatic carboxylic acids is 1. The maximum absolute atomic E-state index is 10.8. The van der Waals surface area contributed by atoms with Crippen molar-refractivity contribution < 1.29 is 14.6 Å². The van der Waals surface area contributed by atoms with Gasteiger partial charge in [-0.25, -0.2) is 14.8 Å². The van der Waals surface area contributed by atoms with E-state index in [-0.39, 0.29) is 5.56 Å². The first kappa shape index (κ1) is 12.9. The molecule has 5 nitrogen and oxygen atoms in total. The van der Waals surface area contributed by atoms with Gasteiger partial charge in [-0.05, 0) is 12.2 Å². The molecular weight excluding hydrogens is 228 g/mol. The summed E-state index contributed by atoms with van der Waals surface area (Å²) in [5, 5.41) is 8.90. The van der Waals surface area contributed by atoms with Crippen molar-refractivity contribution in [2.75, 3.05) is 19.5 Å². The molecule has 88 valence electrons. The van der Waals surface area contributed by atoms with E-state index in [1.165, 1.54) is 12.5 Å². The molecule has 0 radical (unpaired) electrons. The van der Waals surface area contributed by atoms with Gasteiger partial charge in [0.15, 0.2) is 0 Å². The summed E-state index contributed by atoms with van der Waals surface area (Å²) in [6.07, 6.45) is 3.66. The number of rotatable bonds is 7. The Morgan fingerprint density at radius 2 is 2.44 bits per heavy atom. The Labute approximate surface area is 98.3 Å². The van der Waals surface area contributed by atoms with Crippen molar-refractivity contribution in [2.45, 2.75) is 12.2 Å². The molecule has 1 N–H and O–H groups in total. The highest BCUT2D eigenvalue weighted by Crippen LogP contribution is 2.14. The minimum atomic E-state index is -0.979. The van der Waals surface area contributed by atoms with Gasteiger partial charge in [0.2, 0.25) is 0 Å². The third kappa shape index (κ3) is 4.16. The lowest BCUT2D eigenvalue weighted by molar-refractivity contribution is 0.0695. The van der Waals surface area contributed by atoms with Crippen LogP contribution < -0.4 is 0 Å². The fraction of sp³-hybridized carbons (Fsp3) is 0.500. The van der Waals surface area contributed by atoms with Crippen molar-refractivity contribution in [3.8, 4) is 0 Å². The average molecular weight is 242 g/mol. The summed E-state index contributed by atoms with van der Waals surface area (Å²) in [5.74, 6) is 0.540. The summed E-state index contributed by atoms with van der Waals surface area (Å²) >= 11 is 1.64. The molecule has 0 saturated carbocycles. The molecule has 0 aliphatic heterocycles. The first-order valence-corrected chi connectivity index (χ1v) is 6.00. The summed E-state index contributed by atoms with van der Waals surface area (Å²) in [6, 6.07) is 0. The summed E-state index contributed by atoms with van der Waals surface area (Å²) in [5.41, 5.74) is 0.756. The molecule has 0 spiro atoms. The van der Waals surface area contributed by atoms with Crippen molar-refractivity contribution in [1.82, 2.24) is 9.97 Å². The van der Waals surface area contributed by atoms with Crippen LogP contribution in [-0.4, -0.2) is 40.5 Å². The third-order valence-electron chi connectivity index (χ3n) is 1.90. The number of hydrogen-bond donors (Lipinski definition) is 1. The lowest BCUT2D eigenvalue weighted by atomic mass is 10.2. The maximum Gasteiger partial charge on any atom is 0.339 e. The molecule has 0 aliphatic rings. The number of carbonyl (C=O) groups is 1. The van der Waals surface area contributed by atoms with Crippen LogP contribution in [0.1, 0.15) is 22.5 Å². The number of thioether (sulfide) groups is 1. The fourth-order valence-corrected chi connectivity index (χ4v) is 2.01. The molecular formula is C10H14N2O3S. The summed E-state index contributed by atoms with van der Waals surface area (Å²) in [7, 11) is 1.66. The Kier molecular flexibility index (Phi) is 5.81. The Bertz CT molecular complexity index is 347. The number of carboxylic acids is 1. The standard InChI is InChI=1S/C10H14N2O3S/c1-15-3-2-4-16-6-9-8(10(13)14)5-11-7-12-9/h5,7H,2-4,6H2,1H3,(H,13,14). The summed E-state index contributed by atoms with van der Waals surface area (Å²) in [4.78, 5) is 18.5. The van der Waals surface area contributed by atoms with Crippen molar-refractivity contribution in [3.63, 3.8) is 0 Å². The van der Waals surface area contributed by atoms with Gasteiger partial charge >= 0.3 is 5.97 Å². The predicted octanol–water partition coefficient (Wildman–Crippen LogP) is 1.44. The fourth-order valence-electron chi connectivity index (χ4n) is 1.12. The highest BCUT2D eigenvalue weighted by Gasteiger charge is 2.10. The van der Waals surface area contributed by atoms with Crippen LogP contribution in [0.5, 0.6) is 0 Å². The molecule has 0 amide bonds. The second kappa shape index (κ2) is 7.19. The van der Waals surface area contributed by atoms with Crippen molar-refractivity contribution in [2.24, 2.45) is 0 Å². The van der Waals surface area contributed by atoms with Gasteiger partial charge in [0.05, 0.1) is 5.69 Å². The predicted molar refractivity (Wildman–Crippen MR) is 61.6 cm³/mol. The number of aromatic nitrogens is 2. The number of ether oxygens (including phenoxy) is 1. The monoisotopic (exact) mass is 242 g/mol. The molecule has 0 aliphatic carbocycles. The normalized spacial score (nSPS) is 10.3. The number of methoxy groups -OCH3 is 1. The lowest BCUT2D eigenvalue weighted by Crippen LogP contribution is -2.05. The molecule has 0 fully saturated rings. The van der Waals surface area contributed by atoms with Gasteiger partial charge in [0, 0.05) is 25.7 Å². The highest BCUT2D eigenvalue weighted by molar-refractivity contribution is 7.98. The van der Waals surface area contributed by atoms with Gasteiger partial charge in [0.25, 0.3) is 0 Å². The summed E-state index contributed by atoms with van der Waals surface area (Å²) in [6.45, 7) is 0.725. The maximum atomic E-state index is 10.8. The van der Waals surface area contributed by atoms with Crippen LogP contribution in [0.15, 0.2) is 12.5 Å². The van der Waals surface area contributed by atoms with Crippen molar-refractivity contribution >= 4 is 17.7 Å². The third-order valence-corrected chi connectivity index (χ3v) is 2.96. The molecule has 0 aromatic carbocycles. The van der Waals surface area contributed by atoms with E-state index in [4.69, 9.17) is 9.84 Å². The van der Waals surface area contributed by atoms with E-state index in [0.29, 0.717) is 11.4 Å².